The third-order valence-corrected chi connectivity index (χ3v) is 3.17. The van der Waals surface area contributed by atoms with Crippen molar-refractivity contribution in [2.24, 2.45) is 0 Å². The maximum absolute atomic E-state index is 5.86. The standard InChI is InChI=1S/C11H13NOS/c1-2-13-7-8-6-9-10(12)4-3-5-11(9)14-8/h3-6H,2,7,12H2,1H3. The average molecular weight is 207 g/mol. The third-order valence-electron chi connectivity index (χ3n) is 2.09. The van der Waals surface area contributed by atoms with E-state index in [1.165, 1.54) is 9.58 Å². The maximum Gasteiger partial charge on any atom is 0.0809 e. The van der Waals surface area contributed by atoms with Crippen molar-refractivity contribution >= 4 is 27.1 Å². The molecule has 0 fully saturated rings. The van der Waals surface area contributed by atoms with E-state index >= 15 is 0 Å². The number of fused-ring (bicyclic) bond motifs is 1. The van der Waals surface area contributed by atoms with E-state index in [1.54, 1.807) is 11.3 Å². The lowest BCUT2D eigenvalue weighted by Gasteiger charge is -1.94. The number of rotatable bonds is 3. The molecule has 0 amide bonds. The summed E-state index contributed by atoms with van der Waals surface area (Å²) >= 11 is 1.75. The molecule has 0 aliphatic rings. The van der Waals surface area contributed by atoms with Gasteiger partial charge in [0.2, 0.25) is 0 Å². The summed E-state index contributed by atoms with van der Waals surface area (Å²) in [5.41, 5.74) is 6.71. The van der Waals surface area contributed by atoms with Gasteiger partial charge in [-0.25, -0.2) is 0 Å². The minimum Gasteiger partial charge on any atom is -0.398 e. The van der Waals surface area contributed by atoms with Gasteiger partial charge < -0.3 is 10.5 Å². The number of anilines is 1. The molecule has 1 heterocycles. The van der Waals surface area contributed by atoms with Crippen molar-refractivity contribution in [2.45, 2.75) is 13.5 Å². The molecule has 0 bridgehead atoms. The highest BCUT2D eigenvalue weighted by Gasteiger charge is 2.03. The van der Waals surface area contributed by atoms with Crippen LogP contribution in [0, 0.1) is 0 Å². The van der Waals surface area contributed by atoms with Crippen molar-refractivity contribution in [1.29, 1.82) is 0 Å². The predicted octanol–water partition coefficient (Wildman–Crippen LogP) is 3.02. The molecule has 1 aromatic carbocycles. The van der Waals surface area contributed by atoms with E-state index in [-0.39, 0.29) is 0 Å². The number of hydrogen-bond donors (Lipinski definition) is 1. The minimum atomic E-state index is 0.690. The Morgan fingerprint density at radius 2 is 2.29 bits per heavy atom. The normalized spacial score (nSPS) is 10.9. The van der Waals surface area contributed by atoms with E-state index in [1.807, 2.05) is 19.1 Å². The zero-order valence-electron chi connectivity index (χ0n) is 8.12. The fourth-order valence-electron chi connectivity index (χ4n) is 1.41. The topological polar surface area (TPSA) is 35.2 Å². The van der Waals surface area contributed by atoms with Crippen LogP contribution in [0.2, 0.25) is 0 Å². The lowest BCUT2D eigenvalue weighted by Crippen LogP contribution is -1.87. The molecule has 0 saturated carbocycles. The minimum absolute atomic E-state index is 0.690. The second-order valence-electron chi connectivity index (χ2n) is 3.11. The summed E-state index contributed by atoms with van der Waals surface area (Å²) in [5, 5.41) is 1.15. The van der Waals surface area contributed by atoms with Gasteiger partial charge >= 0.3 is 0 Å². The number of thiophene rings is 1. The molecule has 0 saturated heterocycles. The van der Waals surface area contributed by atoms with Crippen molar-refractivity contribution in [3.8, 4) is 0 Å². The molecule has 2 N–H and O–H groups in total. The molecule has 0 aliphatic heterocycles. The van der Waals surface area contributed by atoms with E-state index in [9.17, 15) is 0 Å². The van der Waals surface area contributed by atoms with Crippen LogP contribution in [0.1, 0.15) is 11.8 Å². The van der Waals surface area contributed by atoms with Crippen molar-refractivity contribution < 1.29 is 4.74 Å². The lowest BCUT2D eigenvalue weighted by atomic mass is 10.2. The first kappa shape index (κ1) is 9.49. The van der Waals surface area contributed by atoms with Crippen LogP contribution in [0.3, 0.4) is 0 Å². The van der Waals surface area contributed by atoms with Crippen molar-refractivity contribution in [3.05, 3.63) is 29.1 Å². The Labute approximate surface area is 87.3 Å². The van der Waals surface area contributed by atoms with Crippen LogP contribution in [0.25, 0.3) is 10.1 Å². The summed E-state index contributed by atoms with van der Waals surface area (Å²) in [7, 11) is 0. The summed E-state index contributed by atoms with van der Waals surface area (Å²) < 4.78 is 6.59. The van der Waals surface area contributed by atoms with Gasteiger partial charge in [-0.2, -0.15) is 0 Å². The van der Waals surface area contributed by atoms with Gasteiger partial charge in [0.15, 0.2) is 0 Å². The number of nitrogens with two attached hydrogens (primary N) is 1. The van der Waals surface area contributed by atoms with E-state index in [0.717, 1.165) is 17.7 Å². The summed E-state index contributed by atoms with van der Waals surface area (Å²) in [6.07, 6.45) is 0. The summed E-state index contributed by atoms with van der Waals surface area (Å²) in [6.45, 7) is 3.45. The molecule has 0 aliphatic carbocycles. The summed E-state index contributed by atoms with van der Waals surface area (Å²) in [6, 6.07) is 8.12. The van der Waals surface area contributed by atoms with E-state index < -0.39 is 0 Å². The van der Waals surface area contributed by atoms with Gasteiger partial charge in [0.05, 0.1) is 6.61 Å². The van der Waals surface area contributed by atoms with E-state index in [2.05, 4.69) is 12.1 Å². The molecule has 2 aromatic rings. The van der Waals surface area contributed by atoms with Gasteiger partial charge in [0.25, 0.3) is 0 Å². The third kappa shape index (κ3) is 1.74. The van der Waals surface area contributed by atoms with Crippen molar-refractivity contribution in [1.82, 2.24) is 0 Å². The second-order valence-corrected chi connectivity index (χ2v) is 4.28. The highest BCUT2D eigenvalue weighted by Crippen LogP contribution is 2.29. The number of ether oxygens (including phenoxy) is 1. The van der Waals surface area contributed by atoms with Crippen LogP contribution in [0.5, 0.6) is 0 Å². The Bertz CT molecular complexity index is 436. The van der Waals surface area contributed by atoms with Gasteiger partial charge in [-0.1, -0.05) is 6.07 Å². The Morgan fingerprint density at radius 3 is 3.00 bits per heavy atom. The van der Waals surface area contributed by atoms with Crippen LogP contribution in [0.4, 0.5) is 5.69 Å². The average Bonchev–Trinajstić information content (AvgIpc) is 2.59. The van der Waals surface area contributed by atoms with Gasteiger partial charge in [-0.05, 0) is 25.1 Å². The molecule has 2 rings (SSSR count). The van der Waals surface area contributed by atoms with E-state index in [0.29, 0.717) is 6.61 Å². The second kappa shape index (κ2) is 3.98. The molecule has 0 spiro atoms. The smallest absolute Gasteiger partial charge is 0.0809 e. The highest BCUT2D eigenvalue weighted by atomic mass is 32.1. The Kier molecular flexibility index (Phi) is 2.70. The van der Waals surface area contributed by atoms with Crippen molar-refractivity contribution in [3.63, 3.8) is 0 Å². The van der Waals surface area contributed by atoms with Gasteiger partial charge in [-0.15, -0.1) is 11.3 Å². The molecule has 14 heavy (non-hydrogen) atoms. The SMILES string of the molecule is CCOCc1cc2c(N)cccc2s1. The Morgan fingerprint density at radius 1 is 1.43 bits per heavy atom. The summed E-state index contributed by atoms with van der Waals surface area (Å²) in [4.78, 5) is 1.24. The molecule has 74 valence electrons. The van der Waals surface area contributed by atoms with Crippen LogP contribution < -0.4 is 5.73 Å². The lowest BCUT2D eigenvalue weighted by molar-refractivity contribution is 0.136. The highest BCUT2D eigenvalue weighted by molar-refractivity contribution is 7.19. The molecule has 0 unspecified atom stereocenters. The maximum atomic E-state index is 5.86. The quantitative estimate of drug-likeness (QED) is 0.785. The molecule has 0 radical (unpaired) electrons. The van der Waals surface area contributed by atoms with Gasteiger partial charge in [0.1, 0.15) is 0 Å². The zero-order chi connectivity index (χ0) is 9.97. The Balaban J connectivity index is 2.36. The monoisotopic (exact) mass is 207 g/mol. The molecule has 0 atom stereocenters. The van der Waals surface area contributed by atoms with Crippen molar-refractivity contribution in [2.75, 3.05) is 12.3 Å². The molecule has 1 aromatic heterocycles. The number of benzene rings is 1. The van der Waals surface area contributed by atoms with Gasteiger partial charge in [0, 0.05) is 27.3 Å². The van der Waals surface area contributed by atoms with Gasteiger partial charge in [-0.3, -0.25) is 0 Å². The predicted molar refractivity (Wildman–Crippen MR) is 61.6 cm³/mol. The molecule has 3 heteroatoms. The zero-order valence-corrected chi connectivity index (χ0v) is 8.93. The summed E-state index contributed by atoms with van der Waals surface area (Å²) in [5.74, 6) is 0. The first-order chi connectivity index (χ1) is 6.81. The first-order valence-corrected chi connectivity index (χ1v) is 5.47. The number of nitrogen functional groups attached to an aromatic ring is 1. The molecule has 2 nitrogen and oxygen atoms in total. The van der Waals surface area contributed by atoms with Crippen LogP contribution in [-0.4, -0.2) is 6.61 Å². The molecular formula is C11H13NOS. The van der Waals surface area contributed by atoms with E-state index in [4.69, 9.17) is 10.5 Å². The molecular weight excluding hydrogens is 194 g/mol. The number of hydrogen-bond acceptors (Lipinski definition) is 3. The van der Waals surface area contributed by atoms with Crippen LogP contribution >= 0.6 is 11.3 Å². The fourth-order valence-corrected chi connectivity index (χ4v) is 2.44. The van der Waals surface area contributed by atoms with Crippen LogP contribution in [-0.2, 0) is 11.3 Å². The Hall–Kier alpha value is -1.06. The van der Waals surface area contributed by atoms with Crippen LogP contribution in [0.15, 0.2) is 24.3 Å². The first-order valence-electron chi connectivity index (χ1n) is 4.66. The fraction of sp³-hybridized carbons (Fsp3) is 0.273. The largest absolute Gasteiger partial charge is 0.398 e.